The highest BCUT2D eigenvalue weighted by Crippen LogP contribution is 2.26. The Kier molecular flexibility index (Phi) is 9.05. The van der Waals surface area contributed by atoms with Gasteiger partial charge in [0.05, 0.1) is 11.8 Å². The predicted octanol–water partition coefficient (Wildman–Crippen LogP) is 2.35. The second kappa shape index (κ2) is 10.5. The molecule has 26 heavy (non-hydrogen) atoms. The van der Waals surface area contributed by atoms with E-state index in [-0.39, 0.29) is 5.92 Å². The van der Waals surface area contributed by atoms with E-state index in [4.69, 9.17) is 19.9 Å². The zero-order chi connectivity index (χ0) is 19.9. The summed E-state index contributed by atoms with van der Waals surface area (Å²) in [5, 5.41) is 0. The maximum atomic E-state index is 12.7. The van der Waals surface area contributed by atoms with Gasteiger partial charge in [0, 0.05) is 0 Å². The Labute approximate surface area is 155 Å². The van der Waals surface area contributed by atoms with E-state index in [1.165, 1.54) is 0 Å². The number of nitrogens with two attached hydrogens (primary N) is 1. The van der Waals surface area contributed by atoms with Gasteiger partial charge in [-0.1, -0.05) is 46.5 Å². The summed E-state index contributed by atoms with van der Waals surface area (Å²) >= 11 is 0. The molecule has 7 nitrogen and oxygen atoms in total. The Morgan fingerprint density at radius 1 is 1.08 bits per heavy atom. The van der Waals surface area contributed by atoms with Crippen molar-refractivity contribution in [3.8, 4) is 0 Å². The number of rotatable bonds is 7. The van der Waals surface area contributed by atoms with Gasteiger partial charge in [-0.2, -0.15) is 0 Å². The van der Waals surface area contributed by atoms with Gasteiger partial charge in [0.1, 0.15) is 18.2 Å². The van der Waals surface area contributed by atoms with Crippen LogP contribution in [0, 0.1) is 11.8 Å². The quantitative estimate of drug-likeness (QED) is 0.416. The average molecular weight is 371 g/mol. The van der Waals surface area contributed by atoms with Crippen LogP contribution in [0.1, 0.15) is 66.7 Å². The van der Waals surface area contributed by atoms with Crippen molar-refractivity contribution < 1.29 is 28.6 Å². The summed E-state index contributed by atoms with van der Waals surface area (Å²) in [6.45, 7) is 8.70. The molecule has 5 atom stereocenters. The molecule has 0 amide bonds. The first-order valence-corrected chi connectivity index (χ1v) is 9.56. The molecule has 7 heteroatoms. The molecule has 0 unspecified atom stereocenters. The number of hydrogen-bond acceptors (Lipinski definition) is 7. The third-order valence-corrected chi connectivity index (χ3v) is 4.64. The van der Waals surface area contributed by atoms with Crippen LogP contribution in [-0.4, -0.2) is 42.3 Å². The van der Waals surface area contributed by atoms with Crippen LogP contribution in [0.15, 0.2) is 0 Å². The first-order chi connectivity index (χ1) is 12.2. The highest BCUT2D eigenvalue weighted by molar-refractivity contribution is 5.80. The first kappa shape index (κ1) is 22.4. The minimum atomic E-state index is -1.07. The molecule has 1 heterocycles. The predicted molar refractivity (Wildman–Crippen MR) is 96.1 cm³/mol. The molecule has 1 saturated heterocycles. The van der Waals surface area contributed by atoms with Gasteiger partial charge >= 0.3 is 17.9 Å². The number of hydrogen-bond donors (Lipinski definition) is 1. The standard InChI is InChI=1S/C19H33NO6/c1-6-7-8-9-10-14-16(26-17(21)11(2)3)13(5)25-19(23)15(20)12(4)24-18(14)22/h11-16H,6-10,20H2,1-5H3/t12-,13+,14-,15+,16+/m1/s1. The van der Waals surface area contributed by atoms with Crippen LogP contribution >= 0.6 is 0 Å². The van der Waals surface area contributed by atoms with E-state index in [0.717, 1.165) is 25.7 Å². The van der Waals surface area contributed by atoms with E-state index in [2.05, 4.69) is 6.92 Å². The number of cyclic esters (lactones) is 2. The van der Waals surface area contributed by atoms with E-state index >= 15 is 0 Å². The van der Waals surface area contributed by atoms with Crippen molar-refractivity contribution in [3.05, 3.63) is 0 Å². The summed E-state index contributed by atoms with van der Waals surface area (Å²) in [4.78, 5) is 37.0. The van der Waals surface area contributed by atoms with Gasteiger partial charge in [0.2, 0.25) is 0 Å². The number of carbonyl (C=O) groups is 3. The molecular weight excluding hydrogens is 338 g/mol. The van der Waals surface area contributed by atoms with Gasteiger partial charge in [-0.05, 0) is 20.3 Å². The van der Waals surface area contributed by atoms with Crippen molar-refractivity contribution in [1.29, 1.82) is 0 Å². The van der Waals surface area contributed by atoms with Crippen LogP contribution in [-0.2, 0) is 28.6 Å². The number of esters is 3. The van der Waals surface area contributed by atoms with E-state index in [1.807, 2.05) is 0 Å². The summed E-state index contributed by atoms with van der Waals surface area (Å²) in [5.41, 5.74) is 5.81. The topological polar surface area (TPSA) is 105 Å². The summed E-state index contributed by atoms with van der Waals surface area (Å²) in [6, 6.07) is -1.07. The smallest absolute Gasteiger partial charge is 0.327 e. The molecule has 0 aromatic rings. The molecule has 1 rings (SSSR count). The summed E-state index contributed by atoms with van der Waals surface area (Å²) in [7, 11) is 0. The summed E-state index contributed by atoms with van der Waals surface area (Å²) in [5.74, 6) is -2.67. The molecule has 1 aliphatic heterocycles. The minimum Gasteiger partial charge on any atom is -0.460 e. The lowest BCUT2D eigenvalue weighted by atomic mass is 9.92. The van der Waals surface area contributed by atoms with Gasteiger partial charge in [-0.25, -0.2) is 0 Å². The highest BCUT2D eigenvalue weighted by atomic mass is 16.6. The average Bonchev–Trinajstić information content (AvgIpc) is 2.60. The maximum absolute atomic E-state index is 12.7. The van der Waals surface area contributed by atoms with Crippen LogP contribution < -0.4 is 5.73 Å². The second-order valence-corrected chi connectivity index (χ2v) is 7.32. The molecular formula is C19H33NO6. The Balaban J connectivity index is 3.07. The number of ether oxygens (including phenoxy) is 3. The highest BCUT2D eigenvalue weighted by Gasteiger charge is 2.42. The summed E-state index contributed by atoms with van der Waals surface area (Å²) in [6.07, 6.45) is 1.91. The van der Waals surface area contributed by atoms with E-state index in [1.54, 1.807) is 27.7 Å². The fraction of sp³-hybridized carbons (Fsp3) is 0.842. The SMILES string of the molecule is CCCCCC[C@H]1C(=O)O[C@H](C)[C@H](N)C(=O)O[C@@H](C)[C@@H]1OC(=O)C(C)C. The normalized spacial score (nSPS) is 30.0. The van der Waals surface area contributed by atoms with E-state index in [9.17, 15) is 14.4 Å². The second-order valence-electron chi connectivity index (χ2n) is 7.32. The van der Waals surface area contributed by atoms with Gasteiger partial charge in [-0.3, -0.25) is 14.4 Å². The zero-order valence-electron chi connectivity index (χ0n) is 16.5. The van der Waals surface area contributed by atoms with Crippen LogP contribution in [0.25, 0.3) is 0 Å². The van der Waals surface area contributed by atoms with Crippen LogP contribution in [0.4, 0.5) is 0 Å². The van der Waals surface area contributed by atoms with Gasteiger partial charge in [0.15, 0.2) is 6.10 Å². The molecule has 0 bridgehead atoms. The van der Waals surface area contributed by atoms with Crippen molar-refractivity contribution in [1.82, 2.24) is 0 Å². The van der Waals surface area contributed by atoms with E-state index in [0.29, 0.717) is 6.42 Å². The lowest BCUT2D eigenvalue weighted by Crippen LogP contribution is -2.44. The molecule has 2 N–H and O–H groups in total. The third-order valence-electron chi connectivity index (χ3n) is 4.64. The van der Waals surface area contributed by atoms with E-state index < -0.39 is 48.2 Å². The van der Waals surface area contributed by atoms with Crippen molar-refractivity contribution in [2.24, 2.45) is 17.6 Å². The van der Waals surface area contributed by atoms with Crippen LogP contribution in [0.3, 0.4) is 0 Å². The summed E-state index contributed by atoms with van der Waals surface area (Å²) < 4.78 is 16.3. The fourth-order valence-electron chi connectivity index (χ4n) is 2.85. The Bertz CT molecular complexity index is 492. The van der Waals surface area contributed by atoms with Gasteiger partial charge in [-0.15, -0.1) is 0 Å². The van der Waals surface area contributed by atoms with Crippen LogP contribution in [0.5, 0.6) is 0 Å². The molecule has 1 fully saturated rings. The Hall–Kier alpha value is -1.63. The van der Waals surface area contributed by atoms with Gasteiger partial charge in [0.25, 0.3) is 0 Å². The van der Waals surface area contributed by atoms with Crippen molar-refractivity contribution in [2.45, 2.75) is 91.1 Å². The first-order valence-electron chi connectivity index (χ1n) is 9.56. The largest absolute Gasteiger partial charge is 0.460 e. The minimum absolute atomic E-state index is 0.358. The molecule has 0 aromatic carbocycles. The van der Waals surface area contributed by atoms with Gasteiger partial charge < -0.3 is 19.9 Å². The Morgan fingerprint density at radius 2 is 1.69 bits per heavy atom. The maximum Gasteiger partial charge on any atom is 0.327 e. The Morgan fingerprint density at radius 3 is 2.27 bits per heavy atom. The van der Waals surface area contributed by atoms with Crippen molar-refractivity contribution in [3.63, 3.8) is 0 Å². The molecule has 150 valence electrons. The van der Waals surface area contributed by atoms with Crippen molar-refractivity contribution >= 4 is 17.9 Å². The number of carbonyl (C=O) groups excluding carboxylic acids is 3. The molecule has 0 radical (unpaired) electrons. The fourth-order valence-corrected chi connectivity index (χ4v) is 2.85. The lowest BCUT2D eigenvalue weighted by molar-refractivity contribution is -0.177. The van der Waals surface area contributed by atoms with Crippen molar-refractivity contribution in [2.75, 3.05) is 0 Å². The van der Waals surface area contributed by atoms with Crippen LogP contribution in [0.2, 0.25) is 0 Å². The number of unbranched alkanes of at least 4 members (excludes halogenated alkanes) is 3. The molecule has 0 saturated carbocycles. The lowest BCUT2D eigenvalue weighted by Gasteiger charge is -2.29. The molecule has 1 aliphatic rings. The molecule has 0 aromatic heterocycles. The third kappa shape index (κ3) is 6.27. The zero-order valence-corrected chi connectivity index (χ0v) is 16.5. The molecule has 0 spiro atoms. The molecule has 0 aliphatic carbocycles. The monoisotopic (exact) mass is 371 g/mol.